The maximum atomic E-state index is 11.2. The molecule has 0 amide bonds. The molecule has 0 radical (unpaired) electrons. The number of nitrogen functional groups attached to an aromatic ring is 1. The van der Waals surface area contributed by atoms with E-state index in [1.165, 1.54) is 24.5 Å². The van der Waals surface area contributed by atoms with Crippen molar-refractivity contribution in [3.05, 3.63) is 23.1 Å². The number of ether oxygens (including phenoxy) is 1. The van der Waals surface area contributed by atoms with Gasteiger partial charge in [0.05, 0.1) is 12.8 Å². The minimum absolute atomic E-state index is 0.0247. The highest BCUT2D eigenvalue weighted by molar-refractivity contribution is 7.20. The van der Waals surface area contributed by atoms with Crippen LogP contribution in [0.15, 0.2) is 18.2 Å². The largest absolute Gasteiger partial charge is 0.506 e. The van der Waals surface area contributed by atoms with E-state index >= 15 is 0 Å². The lowest BCUT2D eigenvalue weighted by Gasteiger charge is -1.96. The predicted octanol–water partition coefficient (Wildman–Crippen LogP) is 1.98. The Morgan fingerprint density at radius 1 is 1.47 bits per heavy atom. The number of carbonyl (C=O) groups excluding carboxylic acids is 1. The van der Waals surface area contributed by atoms with Gasteiger partial charge in [-0.15, -0.1) is 11.3 Å². The third kappa shape index (κ3) is 1.61. The molecule has 0 aliphatic rings. The number of nitrogens with two attached hydrogens (primary N) is 1. The van der Waals surface area contributed by atoms with E-state index in [4.69, 9.17) is 5.73 Å². The Labute approximate surface area is 89.9 Å². The molecule has 0 spiro atoms. The molecule has 3 N–H and O–H groups in total. The zero-order valence-corrected chi connectivity index (χ0v) is 8.80. The van der Waals surface area contributed by atoms with Crippen molar-refractivity contribution in [2.24, 2.45) is 0 Å². The molecule has 1 aromatic heterocycles. The molecule has 0 aliphatic heterocycles. The number of hydrogen-bond acceptors (Lipinski definition) is 5. The van der Waals surface area contributed by atoms with Crippen LogP contribution < -0.4 is 5.73 Å². The van der Waals surface area contributed by atoms with Gasteiger partial charge < -0.3 is 15.6 Å². The van der Waals surface area contributed by atoms with Crippen LogP contribution in [-0.4, -0.2) is 18.2 Å². The quantitative estimate of drug-likeness (QED) is 0.440. The van der Waals surface area contributed by atoms with E-state index in [2.05, 4.69) is 4.74 Å². The smallest absolute Gasteiger partial charge is 0.348 e. The van der Waals surface area contributed by atoms with Gasteiger partial charge in [-0.25, -0.2) is 4.79 Å². The monoisotopic (exact) mass is 223 g/mol. The molecule has 5 heteroatoms. The Morgan fingerprint density at radius 2 is 2.20 bits per heavy atom. The van der Waals surface area contributed by atoms with E-state index in [-0.39, 0.29) is 11.7 Å². The Kier molecular flexibility index (Phi) is 2.24. The lowest BCUT2D eigenvalue weighted by Crippen LogP contribution is -1.96. The molecule has 2 rings (SSSR count). The number of benzene rings is 1. The molecule has 4 nitrogen and oxygen atoms in total. The fraction of sp³-hybridized carbons (Fsp3) is 0.100. The first-order chi connectivity index (χ1) is 7.11. The molecule has 78 valence electrons. The normalized spacial score (nSPS) is 10.5. The van der Waals surface area contributed by atoms with Gasteiger partial charge in [0, 0.05) is 4.70 Å². The van der Waals surface area contributed by atoms with Gasteiger partial charge in [0.1, 0.15) is 10.6 Å². The highest BCUT2D eigenvalue weighted by atomic mass is 32.1. The Hall–Kier alpha value is -1.75. The first kappa shape index (κ1) is 9.79. The van der Waals surface area contributed by atoms with Gasteiger partial charge in [0.25, 0.3) is 0 Å². The molecule has 1 heterocycles. The maximum Gasteiger partial charge on any atom is 0.348 e. The number of methoxy groups -OCH3 is 1. The van der Waals surface area contributed by atoms with E-state index in [1.807, 2.05) is 0 Å². The SMILES string of the molecule is COC(=O)c1cc2cc(O)c(N)cc2s1. The number of esters is 1. The second-order valence-corrected chi connectivity index (χ2v) is 4.13. The Morgan fingerprint density at radius 3 is 2.87 bits per heavy atom. The summed E-state index contributed by atoms with van der Waals surface area (Å²) in [7, 11) is 1.33. The number of fused-ring (bicyclic) bond motifs is 1. The van der Waals surface area contributed by atoms with E-state index in [0.717, 1.165) is 10.1 Å². The molecular formula is C10H9NO3S. The van der Waals surface area contributed by atoms with Crippen molar-refractivity contribution in [2.45, 2.75) is 0 Å². The zero-order valence-electron chi connectivity index (χ0n) is 7.98. The number of phenolic OH excluding ortho intramolecular Hbond substituents is 1. The molecule has 0 unspecified atom stereocenters. The van der Waals surface area contributed by atoms with Gasteiger partial charge in [-0.3, -0.25) is 0 Å². The van der Waals surface area contributed by atoms with Gasteiger partial charge in [0.15, 0.2) is 0 Å². The molecule has 2 aromatic rings. The van der Waals surface area contributed by atoms with Gasteiger partial charge in [-0.05, 0) is 23.6 Å². The zero-order chi connectivity index (χ0) is 11.0. The predicted molar refractivity (Wildman–Crippen MR) is 59.2 cm³/mol. The number of carbonyl (C=O) groups is 1. The Balaban J connectivity index is 2.61. The minimum Gasteiger partial charge on any atom is -0.506 e. The van der Waals surface area contributed by atoms with Crippen molar-refractivity contribution in [3.63, 3.8) is 0 Å². The molecule has 15 heavy (non-hydrogen) atoms. The molecule has 1 aromatic carbocycles. The van der Waals surface area contributed by atoms with Gasteiger partial charge in [-0.2, -0.15) is 0 Å². The van der Waals surface area contributed by atoms with E-state index < -0.39 is 0 Å². The summed E-state index contributed by atoms with van der Waals surface area (Å²) in [6.07, 6.45) is 0. The molecule has 0 fully saturated rings. The second-order valence-electron chi connectivity index (χ2n) is 3.05. The third-order valence-corrected chi connectivity index (χ3v) is 3.13. The van der Waals surface area contributed by atoms with Crippen LogP contribution in [0.5, 0.6) is 5.75 Å². The van der Waals surface area contributed by atoms with Crippen LogP contribution in [0.4, 0.5) is 5.69 Å². The third-order valence-electron chi connectivity index (χ3n) is 2.05. The summed E-state index contributed by atoms with van der Waals surface area (Å²) in [5.41, 5.74) is 5.85. The summed E-state index contributed by atoms with van der Waals surface area (Å²) >= 11 is 1.29. The van der Waals surface area contributed by atoms with Crippen LogP contribution >= 0.6 is 11.3 Å². The summed E-state index contributed by atoms with van der Waals surface area (Å²) in [4.78, 5) is 11.7. The number of rotatable bonds is 1. The fourth-order valence-electron chi connectivity index (χ4n) is 1.29. The van der Waals surface area contributed by atoms with Gasteiger partial charge in [-0.1, -0.05) is 0 Å². The van der Waals surface area contributed by atoms with E-state index in [0.29, 0.717) is 10.6 Å². The molecule has 0 saturated heterocycles. The average Bonchev–Trinajstić information content (AvgIpc) is 2.60. The number of phenols is 1. The van der Waals surface area contributed by atoms with Crippen molar-refractivity contribution in [3.8, 4) is 5.75 Å². The lowest BCUT2D eigenvalue weighted by atomic mass is 10.2. The van der Waals surface area contributed by atoms with Crippen LogP contribution in [0.2, 0.25) is 0 Å². The maximum absolute atomic E-state index is 11.2. The number of aromatic hydroxyl groups is 1. The Bertz CT molecular complexity index is 494. The first-order valence-electron chi connectivity index (χ1n) is 4.22. The van der Waals surface area contributed by atoms with Crippen LogP contribution in [0.1, 0.15) is 9.67 Å². The van der Waals surface area contributed by atoms with Crippen LogP contribution in [0.25, 0.3) is 10.1 Å². The van der Waals surface area contributed by atoms with E-state index in [9.17, 15) is 9.90 Å². The lowest BCUT2D eigenvalue weighted by molar-refractivity contribution is 0.0606. The molecular weight excluding hydrogens is 214 g/mol. The van der Waals surface area contributed by atoms with Crippen molar-refractivity contribution in [2.75, 3.05) is 12.8 Å². The molecule has 0 atom stereocenters. The highest BCUT2D eigenvalue weighted by Crippen LogP contribution is 2.32. The van der Waals surface area contributed by atoms with Crippen molar-refractivity contribution in [1.29, 1.82) is 0 Å². The topological polar surface area (TPSA) is 72.5 Å². The number of hydrogen-bond donors (Lipinski definition) is 2. The van der Waals surface area contributed by atoms with Crippen LogP contribution in [-0.2, 0) is 4.74 Å². The first-order valence-corrected chi connectivity index (χ1v) is 5.04. The van der Waals surface area contributed by atoms with Crippen LogP contribution in [0.3, 0.4) is 0 Å². The second kappa shape index (κ2) is 3.43. The molecule has 0 saturated carbocycles. The summed E-state index contributed by atoms with van der Waals surface area (Å²) < 4.78 is 5.46. The van der Waals surface area contributed by atoms with Crippen molar-refractivity contribution in [1.82, 2.24) is 0 Å². The number of thiophene rings is 1. The van der Waals surface area contributed by atoms with Crippen LogP contribution in [0, 0.1) is 0 Å². The molecule has 0 aliphatic carbocycles. The average molecular weight is 223 g/mol. The van der Waals surface area contributed by atoms with Gasteiger partial charge >= 0.3 is 5.97 Å². The van der Waals surface area contributed by atoms with Gasteiger partial charge in [0.2, 0.25) is 0 Å². The van der Waals surface area contributed by atoms with E-state index in [1.54, 1.807) is 12.1 Å². The summed E-state index contributed by atoms with van der Waals surface area (Å²) in [5.74, 6) is -0.356. The summed E-state index contributed by atoms with van der Waals surface area (Å²) in [6, 6.07) is 4.85. The number of anilines is 1. The molecule has 0 bridgehead atoms. The summed E-state index contributed by atoms with van der Waals surface area (Å²) in [5, 5.41) is 10.2. The van der Waals surface area contributed by atoms with Crippen molar-refractivity contribution < 1.29 is 14.6 Å². The fourth-order valence-corrected chi connectivity index (χ4v) is 2.30. The highest BCUT2D eigenvalue weighted by Gasteiger charge is 2.11. The standard InChI is InChI=1S/C10H9NO3S/c1-14-10(13)9-3-5-2-7(12)6(11)4-8(5)15-9/h2-4,12H,11H2,1H3. The van der Waals surface area contributed by atoms with Crippen molar-refractivity contribution >= 4 is 33.1 Å². The minimum atomic E-state index is -0.380. The summed E-state index contributed by atoms with van der Waals surface area (Å²) in [6.45, 7) is 0.